The van der Waals surface area contributed by atoms with Gasteiger partial charge in [-0.25, -0.2) is 0 Å². The Morgan fingerprint density at radius 1 is 1.05 bits per heavy atom. The summed E-state index contributed by atoms with van der Waals surface area (Å²) in [7, 11) is 0. The van der Waals surface area contributed by atoms with Gasteiger partial charge in [-0.2, -0.15) is 5.10 Å². The molecular formula is C28H29N5O4. The van der Waals surface area contributed by atoms with Crippen molar-refractivity contribution in [3.8, 4) is 11.1 Å². The number of hydrazone groups is 1. The lowest BCUT2D eigenvalue weighted by molar-refractivity contribution is -0.164. The zero-order chi connectivity index (χ0) is 26.4. The summed E-state index contributed by atoms with van der Waals surface area (Å²) < 4.78 is 5.80. The van der Waals surface area contributed by atoms with Crippen LogP contribution < -0.4 is 21.8 Å². The molecule has 0 aliphatic heterocycles. The Kier molecular flexibility index (Phi) is 7.52. The molecule has 5 N–H and O–H groups in total. The molecule has 190 valence electrons. The van der Waals surface area contributed by atoms with Crippen LogP contribution in [0.1, 0.15) is 47.3 Å². The van der Waals surface area contributed by atoms with Gasteiger partial charge in [-0.1, -0.05) is 55.5 Å². The van der Waals surface area contributed by atoms with E-state index in [0.29, 0.717) is 23.2 Å². The largest absolute Gasteiger partial charge is 0.435 e. The van der Waals surface area contributed by atoms with E-state index in [0.717, 1.165) is 16.7 Å². The second-order valence-electron chi connectivity index (χ2n) is 8.76. The molecule has 0 aromatic heterocycles. The van der Waals surface area contributed by atoms with Gasteiger partial charge in [0.15, 0.2) is 0 Å². The van der Waals surface area contributed by atoms with Crippen LogP contribution in [0.3, 0.4) is 0 Å². The monoisotopic (exact) mass is 499 g/mol. The number of nitrogens with two attached hydrogens (primary N) is 1. The molecular weight excluding hydrogens is 470 g/mol. The molecule has 0 heterocycles. The maximum Gasteiger partial charge on any atom is 0.307 e. The highest BCUT2D eigenvalue weighted by molar-refractivity contribution is 5.97. The van der Waals surface area contributed by atoms with Gasteiger partial charge >= 0.3 is 5.97 Å². The van der Waals surface area contributed by atoms with E-state index in [4.69, 9.17) is 10.6 Å². The third-order valence-corrected chi connectivity index (χ3v) is 6.19. The fourth-order valence-corrected chi connectivity index (χ4v) is 4.49. The fourth-order valence-electron chi connectivity index (χ4n) is 4.49. The predicted octanol–water partition coefficient (Wildman–Crippen LogP) is 3.24. The first kappa shape index (κ1) is 25.4. The number of rotatable bonds is 9. The highest BCUT2D eigenvalue weighted by Crippen LogP contribution is 2.41. The number of nitrogens with zero attached hydrogens (tertiary/aromatic N) is 1. The smallest absolute Gasteiger partial charge is 0.307 e. The van der Waals surface area contributed by atoms with Gasteiger partial charge in [0.25, 0.3) is 5.91 Å². The first-order valence-corrected chi connectivity index (χ1v) is 11.9. The minimum absolute atomic E-state index is 0.149. The van der Waals surface area contributed by atoms with Gasteiger partial charge in [-0.15, -0.1) is 0 Å². The molecule has 0 radical (unpaired) electrons. The quantitative estimate of drug-likeness (QED) is 0.0697. The summed E-state index contributed by atoms with van der Waals surface area (Å²) in [6.07, 6.45) is 2.10. The van der Waals surface area contributed by atoms with E-state index in [2.05, 4.69) is 33.2 Å². The Hall–Kier alpha value is -4.66. The first-order chi connectivity index (χ1) is 17.8. The van der Waals surface area contributed by atoms with E-state index >= 15 is 0 Å². The number of hydrogen-bond donors (Lipinski definition) is 4. The lowest BCUT2D eigenvalue weighted by Gasteiger charge is -2.32. The molecule has 3 aromatic rings. The molecule has 3 aromatic carbocycles. The Morgan fingerprint density at radius 3 is 2.59 bits per heavy atom. The first-order valence-electron chi connectivity index (χ1n) is 11.9. The van der Waals surface area contributed by atoms with Gasteiger partial charge in [0.1, 0.15) is 6.34 Å². The summed E-state index contributed by atoms with van der Waals surface area (Å²) in [5, 5.41) is 11.6. The summed E-state index contributed by atoms with van der Waals surface area (Å²) in [5.41, 5.74) is 4.56. The molecule has 0 saturated heterocycles. The third-order valence-electron chi connectivity index (χ3n) is 6.19. The number of nitrogens with one attached hydrogen (secondary N) is 3. The number of carbonyl (C=O) groups excluding carboxylic acids is 3. The maximum absolute atomic E-state index is 13.0. The number of esters is 1. The van der Waals surface area contributed by atoms with Crippen LogP contribution in [-0.4, -0.2) is 30.7 Å². The van der Waals surface area contributed by atoms with Gasteiger partial charge in [0.2, 0.25) is 11.6 Å². The van der Waals surface area contributed by atoms with Crippen molar-refractivity contribution in [2.24, 2.45) is 10.9 Å². The Balaban J connectivity index is 1.52. The fraction of sp³-hybridized carbons (Fsp3) is 0.214. The van der Waals surface area contributed by atoms with Crippen molar-refractivity contribution >= 4 is 29.8 Å². The maximum atomic E-state index is 13.0. The summed E-state index contributed by atoms with van der Waals surface area (Å²) in [4.78, 5) is 38.0. The summed E-state index contributed by atoms with van der Waals surface area (Å²) in [6.45, 7) is 3.04. The molecule has 2 amide bonds. The number of fused-ring (bicyclic) bond motifs is 3. The lowest BCUT2D eigenvalue weighted by atomic mass is 9.94. The van der Waals surface area contributed by atoms with E-state index < -0.39 is 23.5 Å². The van der Waals surface area contributed by atoms with Crippen LogP contribution in [0.25, 0.3) is 11.1 Å². The lowest BCUT2D eigenvalue weighted by Crippen LogP contribution is -2.50. The predicted molar refractivity (Wildman–Crippen MR) is 142 cm³/mol. The van der Waals surface area contributed by atoms with Crippen molar-refractivity contribution in [2.45, 2.75) is 32.4 Å². The molecule has 9 heteroatoms. The average Bonchev–Trinajstić information content (AvgIpc) is 3.29. The molecule has 1 atom stereocenters. The van der Waals surface area contributed by atoms with Gasteiger partial charge in [-0.05, 0) is 53.8 Å². The zero-order valence-corrected chi connectivity index (χ0v) is 20.7. The van der Waals surface area contributed by atoms with Crippen molar-refractivity contribution in [1.82, 2.24) is 10.6 Å². The number of ether oxygens (including phenoxy) is 1. The molecule has 1 aliphatic rings. The minimum Gasteiger partial charge on any atom is -0.435 e. The van der Waals surface area contributed by atoms with Crippen molar-refractivity contribution in [3.63, 3.8) is 0 Å². The number of amides is 2. The highest BCUT2D eigenvalue weighted by atomic mass is 16.6. The van der Waals surface area contributed by atoms with E-state index in [1.807, 2.05) is 30.3 Å². The molecule has 4 rings (SSSR count). The zero-order valence-electron chi connectivity index (χ0n) is 20.7. The summed E-state index contributed by atoms with van der Waals surface area (Å²) in [6, 6.07) is 20.5. The van der Waals surface area contributed by atoms with Crippen molar-refractivity contribution < 1.29 is 19.1 Å². The normalized spacial score (nSPS) is 13.2. The van der Waals surface area contributed by atoms with E-state index in [-0.39, 0.29) is 13.0 Å². The standard InChI is InChI=1S/C28H29N5O4/c1-3-26(35)37-28(2,24-13-7-12-22-21-11-5-4-8-18(21)15-23(22)24)33-25(34)16-30-27(36)19-9-6-10-20(14-19)31-17-32-29/h4-14,17H,3,15-16,29H2,1-2H3,(H,30,36)(H,31,32)(H,33,34). The van der Waals surface area contributed by atoms with Crippen LogP contribution in [0, 0.1) is 0 Å². The second-order valence-corrected chi connectivity index (χ2v) is 8.76. The van der Waals surface area contributed by atoms with Gasteiger partial charge in [-0.3, -0.25) is 14.4 Å². The van der Waals surface area contributed by atoms with Gasteiger partial charge in [0, 0.05) is 23.2 Å². The number of benzene rings is 3. The van der Waals surface area contributed by atoms with E-state index in [1.165, 1.54) is 11.9 Å². The van der Waals surface area contributed by atoms with Crippen molar-refractivity contribution in [3.05, 3.63) is 89.0 Å². The SMILES string of the molecule is CCC(=O)OC(C)(NC(=O)CNC(=O)c1cccc(NC=NN)c1)c1cccc2c1Cc1ccccc1-2. The van der Waals surface area contributed by atoms with Crippen LogP contribution in [0.15, 0.2) is 71.8 Å². The highest BCUT2D eigenvalue weighted by Gasteiger charge is 2.37. The second kappa shape index (κ2) is 10.9. The minimum atomic E-state index is -1.42. The summed E-state index contributed by atoms with van der Waals surface area (Å²) in [5.74, 6) is 3.70. The number of anilines is 1. The Morgan fingerprint density at radius 2 is 1.81 bits per heavy atom. The summed E-state index contributed by atoms with van der Waals surface area (Å²) >= 11 is 0. The molecule has 0 saturated carbocycles. The Bertz CT molecular complexity index is 1370. The van der Waals surface area contributed by atoms with Crippen LogP contribution in [0.5, 0.6) is 0 Å². The Labute approximate surface area is 215 Å². The van der Waals surface area contributed by atoms with Crippen LogP contribution in [0.4, 0.5) is 5.69 Å². The molecule has 1 unspecified atom stereocenters. The van der Waals surface area contributed by atoms with Crippen molar-refractivity contribution in [1.29, 1.82) is 0 Å². The molecule has 0 fully saturated rings. The van der Waals surface area contributed by atoms with E-state index in [9.17, 15) is 14.4 Å². The molecule has 9 nitrogen and oxygen atoms in total. The molecule has 0 spiro atoms. The molecule has 0 bridgehead atoms. The average molecular weight is 500 g/mol. The third kappa shape index (κ3) is 5.61. The molecule has 37 heavy (non-hydrogen) atoms. The topological polar surface area (TPSA) is 135 Å². The van der Waals surface area contributed by atoms with Gasteiger partial charge in [0.05, 0.1) is 6.54 Å². The van der Waals surface area contributed by atoms with Crippen LogP contribution in [0.2, 0.25) is 0 Å². The van der Waals surface area contributed by atoms with E-state index in [1.54, 1.807) is 38.1 Å². The number of carbonyl (C=O) groups is 3. The number of hydrogen-bond acceptors (Lipinski definition) is 6. The van der Waals surface area contributed by atoms with Gasteiger partial charge < -0.3 is 26.5 Å². The molecule has 1 aliphatic carbocycles. The van der Waals surface area contributed by atoms with Crippen LogP contribution in [-0.2, 0) is 26.5 Å². The van der Waals surface area contributed by atoms with Crippen molar-refractivity contribution in [2.75, 3.05) is 11.9 Å². The van der Waals surface area contributed by atoms with Crippen LogP contribution >= 0.6 is 0 Å².